The van der Waals surface area contributed by atoms with Crippen molar-refractivity contribution in [3.05, 3.63) is 34.6 Å². The van der Waals surface area contributed by atoms with Gasteiger partial charge in [0.15, 0.2) is 0 Å². The summed E-state index contributed by atoms with van der Waals surface area (Å²) < 4.78 is 41.7. The summed E-state index contributed by atoms with van der Waals surface area (Å²) in [5.41, 5.74) is 0.00705. The molecule has 0 unspecified atom stereocenters. The maximum Gasteiger partial charge on any atom is 0.289 e. The van der Waals surface area contributed by atoms with Crippen LogP contribution >= 0.6 is 11.6 Å². The number of benzene rings is 1. The Bertz CT molecular complexity index is 467. The average molecular weight is 309 g/mol. The number of hydrogen-bond acceptors (Lipinski definition) is 3. The number of nitrogens with zero attached hydrogens (tertiary/aromatic N) is 1. The van der Waals surface area contributed by atoms with Crippen molar-refractivity contribution < 1.29 is 18.3 Å². The van der Waals surface area contributed by atoms with Crippen LogP contribution in [0.4, 0.5) is 13.2 Å². The van der Waals surface area contributed by atoms with E-state index < -0.39 is 24.4 Å². The maximum atomic E-state index is 14.1. The lowest BCUT2D eigenvalue weighted by molar-refractivity contribution is -0.118. The highest BCUT2D eigenvalue weighted by Gasteiger charge is 2.45. The molecule has 3 nitrogen and oxygen atoms in total. The molecule has 0 aliphatic carbocycles. The van der Waals surface area contributed by atoms with Gasteiger partial charge in [0, 0.05) is 26.2 Å². The first-order valence-electron chi connectivity index (χ1n) is 6.34. The van der Waals surface area contributed by atoms with Crippen LogP contribution < -0.4 is 5.32 Å². The fourth-order valence-corrected chi connectivity index (χ4v) is 2.68. The Kier molecular flexibility index (Phi) is 4.90. The lowest BCUT2D eigenvalue weighted by Gasteiger charge is -2.39. The molecule has 112 valence electrons. The smallest absolute Gasteiger partial charge is 0.289 e. The summed E-state index contributed by atoms with van der Waals surface area (Å²) in [5, 5.41) is 11.7. The minimum Gasteiger partial charge on any atom is -0.390 e. The standard InChI is InChI=1S/C13H16ClF3N2O/c14-11-9(2-1-3-10(11)15)12(13(16,17)8-20)19-6-4-18-5-7-19/h1-3,12,18,20H,4-8H2/t12-/m1/s1. The van der Waals surface area contributed by atoms with E-state index in [1.807, 2.05) is 0 Å². The third-order valence-electron chi connectivity index (χ3n) is 3.40. The third-order valence-corrected chi connectivity index (χ3v) is 3.80. The van der Waals surface area contributed by atoms with Gasteiger partial charge in [-0.2, -0.15) is 0 Å². The van der Waals surface area contributed by atoms with Crippen LogP contribution in [0.3, 0.4) is 0 Å². The highest BCUT2D eigenvalue weighted by atomic mass is 35.5. The highest BCUT2D eigenvalue weighted by Crippen LogP contribution is 2.40. The zero-order chi connectivity index (χ0) is 14.8. The number of hydrogen-bond donors (Lipinski definition) is 2. The molecule has 1 fully saturated rings. The molecule has 1 aromatic carbocycles. The Labute approximate surface area is 120 Å². The molecular weight excluding hydrogens is 293 g/mol. The van der Waals surface area contributed by atoms with Crippen LogP contribution in [0.25, 0.3) is 0 Å². The van der Waals surface area contributed by atoms with E-state index in [0.717, 1.165) is 6.07 Å². The zero-order valence-electron chi connectivity index (χ0n) is 10.8. The number of aliphatic hydroxyl groups excluding tert-OH is 1. The fourth-order valence-electron chi connectivity index (χ4n) is 2.45. The second-order valence-electron chi connectivity index (χ2n) is 4.75. The van der Waals surface area contributed by atoms with Gasteiger partial charge in [-0.1, -0.05) is 23.7 Å². The number of nitrogens with one attached hydrogen (secondary N) is 1. The second-order valence-corrected chi connectivity index (χ2v) is 5.13. The lowest BCUT2D eigenvalue weighted by Crippen LogP contribution is -2.51. The minimum absolute atomic E-state index is 0.00705. The van der Waals surface area contributed by atoms with Gasteiger partial charge in [0.05, 0.1) is 5.02 Å². The van der Waals surface area contributed by atoms with E-state index in [0.29, 0.717) is 26.2 Å². The number of alkyl halides is 2. The fraction of sp³-hybridized carbons (Fsp3) is 0.538. The van der Waals surface area contributed by atoms with E-state index in [1.54, 1.807) is 0 Å². The first-order chi connectivity index (χ1) is 9.47. The van der Waals surface area contributed by atoms with Gasteiger partial charge in [0.1, 0.15) is 18.5 Å². The second kappa shape index (κ2) is 6.30. The van der Waals surface area contributed by atoms with E-state index >= 15 is 0 Å². The lowest BCUT2D eigenvalue weighted by atomic mass is 9.98. The van der Waals surface area contributed by atoms with Gasteiger partial charge in [-0.15, -0.1) is 0 Å². The van der Waals surface area contributed by atoms with Crippen molar-refractivity contribution in [1.29, 1.82) is 0 Å². The number of rotatable bonds is 4. The van der Waals surface area contributed by atoms with E-state index in [4.69, 9.17) is 16.7 Å². The van der Waals surface area contributed by atoms with E-state index in [-0.39, 0.29) is 10.6 Å². The Balaban J connectivity index is 2.42. The first-order valence-corrected chi connectivity index (χ1v) is 6.72. The minimum atomic E-state index is -3.39. The molecule has 1 aliphatic rings. The number of piperazine rings is 1. The Morgan fingerprint density at radius 1 is 1.35 bits per heavy atom. The van der Waals surface area contributed by atoms with Crippen LogP contribution in [0.5, 0.6) is 0 Å². The van der Waals surface area contributed by atoms with Gasteiger partial charge in [-0.25, -0.2) is 13.2 Å². The van der Waals surface area contributed by atoms with Crippen LogP contribution in [-0.4, -0.2) is 48.7 Å². The summed E-state index contributed by atoms with van der Waals surface area (Å²) in [7, 11) is 0. The summed E-state index contributed by atoms with van der Waals surface area (Å²) in [6.45, 7) is 0.574. The summed E-state index contributed by atoms with van der Waals surface area (Å²) in [6, 6.07) is 2.41. The van der Waals surface area contributed by atoms with E-state index in [1.165, 1.54) is 17.0 Å². The Hall–Kier alpha value is -0.820. The van der Waals surface area contributed by atoms with Gasteiger partial charge in [0.25, 0.3) is 5.92 Å². The van der Waals surface area contributed by atoms with Crippen molar-refractivity contribution in [2.24, 2.45) is 0 Å². The van der Waals surface area contributed by atoms with Crippen molar-refractivity contribution in [3.8, 4) is 0 Å². The molecule has 1 heterocycles. The summed E-state index contributed by atoms with van der Waals surface area (Å²) in [5.74, 6) is -4.13. The predicted octanol–water partition coefficient (Wildman–Crippen LogP) is 2.05. The third kappa shape index (κ3) is 3.09. The van der Waals surface area contributed by atoms with Crippen molar-refractivity contribution in [2.75, 3.05) is 32.8 Å². The molecule has 0 radical (unpaired) electrons. The number of aliphatic hydroxyl groups is 1. The predicted molar refractivity (Wildman–Crippen MR) is 70.6 cm³/mol. The van der Waals surface area contributed by atoms with Crippen LogP contribution in [0.2, 0.25) is 5.02 Å². The molecule has 0 aromatic heterocycles. The van der Waals surface area contributed by atoms with Gasteiger partial charge < -0.3 is 10.4 Å². The van der Waals surface area contributed by atoms with Crippen molar-refractivity contribution >= 4 is 11.6 Å². The SMILES string of the molecule is OCC(F)(F)[C@@H](c1cccc(F)c1Cl)N1CCNCC1. The summed E-state index contributed by atoms with van der Waals surface area (Å²) in [6.07, 6.45) is 0. The number of halogens is 4. The molecule has 0 saturated carbocycles. The van der Waals surface area contributed by atoms with Crippen molar-refractivity contribution in [1.82, 2.24) is 10.2 Å². The molecule has 1 saturated heterocycles. The van der Waals surface area contributed by atoms with Crippen LogP contribution in [0.15, 0.2) is 18.2 Å². The molecular formula is C13H16ClF3N2O. The summed E-state index contributed by atoms with van der Waals surface area (Å²) in [4.78, 5) is 1.52. The van der Waals surface area contributed by atoms with E-state index in [2.05, 4.69) is 5.32 Å². The van der Waals surface area contributed by atoms with E-state index in [9.17, 15) is 13.2 Å². The van der Waals surface area contributed by atoms with Crippen LogP contribution in [0, 0.1) is 5.82 Å². The molecule has 2 rings (SSSR count). The summed E-state index contributed by atoms with van der Waals surface area (Å²) >= 11 is 5.84. The Morgan fingerprint density at radius 3 is 2.60 bits per heavy atom. The largest absolute Gasteiger partial charge is 0.390 e. The Morgan fingerprint density at radius 2 is 2.00 bits per heavy atom. The molecule has 20 heavy (non-hydrogen) atoms. The van der Waals surface area contributed by atoms with Crippen LogP contribution in [-0.2, 0) is 0 Å². The zero-order valence-corrected chi connectivity index (χ0v) is 11.5. The van der Waals surface area contributed by atoms with Gasteiger partial charge in [-0.3, -0.25) is 4.90 Å². The van der Waals surface area contributed by atoms with Gasteiger partial charge in [-0.05, 0) is 11.6 Å². The van der Waals surface area contributed by atoms with Crippen LogP contribution in [0.1, 0.15) is 11.6 Å². The molecule has 0 bridgehead atoms. The first kappa shape index (κ1) is 15.6. The van der Waals surface area contributed by atoms with Crippen molar-refractivity contribution in [3.63, 3.8) is 0 Å². The highest BCUT2D eigenvalue weighted by molar-refractivity contribution is 6.31. The van der Waals surface area contributed by atoms with Gasteiger partial charge >= 0.3 is 0 Å². The topological polar surface area (TPSA) is 35.5 Å². The molecule has 7 heteroatoms. The quantitative estimate of drug-likeness (QED) is 0.894. The van der Waals surface area contributed by atoms with Crippen molar-refractivity contribution in [2.45, 2.75) is 12.0 Å². The van der Waals surface area contributed by atoms with Gasteiger partial charge in [0.2, 0.25) is 0 Å². The molecule has 1 aliphatic heterocycles. The normalized spacial score (nSPS) is 19.1. The monoisotopic (exact) mass is 308 g/mol. The average Bonchev–Trinajstić information content (AvgIpc) is 2.45. The molecule has 2 N–H and O–H groups in total. The maximum absolute atomic E-state index is 14.1. The molecule has 1 atom stereocenters. The molecule has 0 spiro atoms. The molecule has 1 aromatic rings. The molecule has 0 amide bonds.